The molecule has 0 heterocycles. The molecule has 92 valence electrons. The summed E-state index contributed by atoms with van der Waals surface area (Å²) in [5.41, 5.74) is 0. The van der Waals surface area contributed by atoms with E-state index in [0.717, 1.165) is 0 Å². The zero-order valence-corrected chi connectivity index (χ0v) is 11.0. The fraction of sp³-hybridized carbons (Fsp3) is 0.154. The first-order valence-corrected chi connectivity index (χ1v) is 4.87. The van der Waals surface area contributed by atoms with E-state index < -0.39 is 0 Å². The first kappa shape index (κ1) is 18.0. The Bertz CT molecular complexity index is 307. The predicted molar refractivity (Wildman–Crippen MR) is 62.9 cm³/mol. The molecule has 0 aliphatic rings. The van der Waals surface area contributed by atoms with Gasteiger partial charge in [0.25, 0.3) is 0 Å². The second-order valence-electron chi connectivity index (χ2n) is 2.85. The molecule has 0 saturated carbocycles. The van der Waals surface area contributed by atoms with E-state index in [2.05, 4.69) is 0 Å². The van der Waals surface area contributed by atoms with E-state index in [1.807, 2.05) is 0 Å². The third kappa shape index (κ3) is 14.6. The molecule has 4 heteroatoms. The molecule has 17 heavy (non-hydrogen) atoms. The maximum absolute atomic E-state index is 11.2. The summed E-state index contributed by atoms with van der Waals surface area (Å²) in [7, 11) is 0. The van der Waals surface area contributed by atoms with Gasteiger partial charge in [-0.15, -0.1) is 0 Å². The standard InChI is InChI=1S/C13H14O3.Ru/c14-11-7-3-1-5-9-13(16)10-6-2-4-8-12-15;/h1-8,11-12H,9-10H2;. The molecular weight excluding hydrogens is 305 g/mol. The second-order valence-corrected chi connectivity index (χ2v) is 2.85. The minimum absolute atomic E-state index is 0. The Morgan fingerprint density at radius 1 is 0.706 bits per heavy atom. The van der Waals surface area contributed by atoms with Crippen molar-refractivity contribution in [2.75, 3.05) is 0 Å². The van der Waals surface area contributed by atoms with Crippen LogP contribution in [0.5, 0.6) is 0 Å². The van der Waals surface area contributed by atoms with Crippen molar-refractivity contribution in [3.05, 3.63) is 48.6 Å². The molecule has 0 aliphatic heterocycles. The third-order valence-electron chi connectivity index (χ3n) is 1.56. The molecule has 0 atom stereocenters. The first-order valence-electron chi connectivity index (χ1n) is 4.87. The number of hydrogen-bond acceptors (Lipinski definition) is 3. The van der Waals surface area contributed by atoms with Crippen molar-refractivity contribution in [1.82, 2.24) is 0 Å². The fourth-order valence-corrected chi connectivity index (χ4v) is 0.858. The summed E-state index contributed by atoms with van der Waals surface area (Å²) >= 11 is 0. The van der Waals surface area contributed by atoms with Crippen LogP contribution in [0.1, 0.15) is 12.8 Å². The van der Waals surface area contributed by atoms with E-state index in [1.165, 1.54) is 12.2 Å². The topological polar surface area (TPSA) is 51.2 Å². The van der Waals surface area contributed by atoms with Gasteiger partial charge in [0.05, 0.1) is 0 Å². The van der Waals surface area contributed by atoms with Crippen LogP contribution in [0.4, 0.5) is 0 Å². The van der Waals surface area contributed by atoms with Crippen molar-refractivity contribution >= 4 is 18.4 Å². The molecule has 0 aromatic rings. The van der Waals surface area contributed by atoms with E-state index >= 15 is 0 Å². The number of hydrogen-bond donors (Lipinski definition) is 0. The van der Waals surface area contributed by atoms with Crippen molar-refractivity contribution in [2.24, 2.45) is 0 Å². The Morgan fingerprint density at radius 2 is 1.12 bits per heavy atom. The monoisotopic (exact) mass is 320 g/mol. The number of carbonyl (C=O) groups excluding carboxylic acids is 3. The Kier molecular flexibility index (Phi) is 15.4. The molecule has 0 amide bonds. The molecule has 0 spiro atoms. The second kappa shape index (κ2) is 14.6. The average Bonchev–Trinajstić information content (AvgIpc) is 2.28. The smallest absolute Gasteiger partial charge is 0.142 e. The maximum atomic E-state index is 11.2. The summed E-state index contributed by atoms with van der Waals surface area (Å²) in [5, 5.41) is 0. The van der Waals surface area contributed by atoms with Crippen LogP contribution in [0.25, 0.3) is 0 Å². The molecule has 0 unspecified atom stereocenters. The Balaban J connectivity index is 0. The fourth-order valence-electron chi connectivity index (χ4n) is 0.858. The maximum Gasteiger partial charge on any atom is 0.142 e. The normalized spacial score (nSPS) is 11.3. The summed E-state index contributed by atoms with van der Waals surface area (Å²) < 4.78 is 0. The van der Waals surface area contributed by atoms with Gasteiger partial charge >= 0.3 is 0 Å². The van der Waals surface area contributed by atoms with Gasteiger partial charge in [-0.05, 0) is 12.2 Å². The van der Waals surface area contributed by atoms with Crippen LogP contribution in [0.2, 0.25) is 0 Å². The van der Waals surface area contributed by atoms with Gasteiger partial charge in [0.2, 0.25) is 0 Å². The zero-order valence-electron chi connectivity index (χ0n) is 9.27. The molecule has 0 saturated heterocycles. The predicted octanol–water partition coefficient (Wildman–Crippen LogP) is 1.96. The molecule has 0 fully saturated rings. The van der Waals surface area contributed by atoms with Crippen molar-refractivity contribution in [3.63, 3.8) is 0 Å². The number of aldehydes is 2. The number of allylic oxidation sites excluding steroid dienone is 8. The van der Waals surface area contributed by atoms with Crippen molar-refractivity contribution in [1.29, 1.82) is 0 Å². The Morgan fingerprint density at radius 3 is 1.47 bits per heavy atom. The molecule has 0 radical (unpaired) electrons. The largest absolute Gasteiger partial charge is 0.299 e. The Hall–Kier alpha value is -1.41. The molecule has 0 aromatic carbocycles. The van der Waals surface area contributed by atoms with Crippen LogP contribution in [-0.4, -0.2) is 18.4 Å². The summed E-state index contributed by atoms with van der Waals surface area (Å²) in [5.74, 6) is 0.0755. The van der Waals surface area contributed by atoms with E-state index in [9.17, 15) is 14.4 Å². The number of rotatable bonds is 8. The van der Waals surface area contributed by atoms with Crippen molar-refractivity contribution in [2.45, 2.75) is 12.8 Å². The van der Waals surface area contributed by atoms with E-state index in [1.54, 1.807) is 36.5 Å². The molecule has 0 aliphatic carbocycles. The van der Waals surface area contributed by atoms with Gasteiger partial charge in [0.1, 0.15) is 18.4 Å². The molecule has 0 rings (SSSR count). The summed E-state index contributed by atoms with van der Waals surface area (Å²) in [6.45, 7) is 0. The average molecular weight is 319 g/mol. The van der Waals surface area contributed by atoms with Crippen LogP contribution in [0.15, 0.2) is 48.6 Å². The molecule has 0 N–H and O–H groups in total. The molecule has 0 bridgehead atoms. The zero-order chi connectivity index (χ0) is 12.1. The molecular formula is C13H14O3Ru. The van der Waals surface area contributed by atoms with Crippen LogP contribution < -0.4 is 0 Å². The summed E-state index contributed by atoms with van der Waals surface area (Å²) in [4.78, 5) is 31.0. The van der Waals surface area contributed by atoms with Gasteiger partial charge < -0.3 is 0 Å². The third-order valence-corrected chi connectivity index (χ3v) is 1.56. The van der Waals surface area contributed by atoms with Gasteiger partial charge in [0, 0.05) is 32.3 Å². The minimum atomic E-state index is 0. The van der Waals surface area contributed by atoms with Crippen molar-refractivity contribution in [3.8, 4) is 0 Å². The van der Waals surface area contributed by atoms with Gasteiger partial charge in [-0.25, -0.2) is 0 Å². The molecule has 0 aromatic heterocycles. The van der Waals surface area contributed by atoms with Crippen LogP contribution >= 0.6 is 0 Å². The quantitative estimate of drug-likeness (QED) is 0.297. The van der Waals surface area contributed by atoms with Crippen LogP contribution in [0.3, 0.4) is 0 Å². The van der Waals surface area contributed by atoms with Crippen LogP contribution in [-0.2, 0) is 33.9 Å². The van der Waals surface area contributed by atoms with Gasteiger partial charge in [-0.3, -0.25) is 14.4 Å². The van der Waals surface area contributed by atoms with Gasteiger partial charge in [-0.1, -0.05) is 36.5 Å². The SMILES string of the molecule is O=CC=CC=CCC(=O)CC=CC=CC=O.[Ru]. The summed E-state index contributed by atoms with van der Waals surface area (Å²) in [6.07, 6.45) is 14.6. The number of ketones is 1. The van der Waals surface area contributed by atoms with E-state index in [-0.39, 0.29) is 25.3 Å². The van der Waals surface area contributed by atoms with E-state index in [0.29, 0.717) is 25.4 Å². The van der Waals surface area contributed by atoms with Gasteiger partial charge in [0.15, 0.2) is 0 Å². The van der Waals surface area contributed by atoms with Crippen molar-refractivity contribution < 1.29 is 33.9 Å². The van der Waals surface area contributed by atoms with Gasteiger partial charge in [-0.2, -0.15) is 0 Å². The van der Waals surface area contributed by atoms with E-state index in [4.69, 9.17) is 0 Å². The molecule has 3 nitrogen and oxygen atoms in total. The number of carbonyl (C=O) groups is 3. The minimum Gasteiger partial charge on any atom is -0.299 e. The summed E-state index contributed by atoms with van der Waals surface area (Å²) in [6, 6.07) is 0. The number of Topliss-reactive ketones (excluding diaryl/α,β-unsaturated/α-hetero) is 1. The Labute approximate surface area is 114 Å². The van der Waals surface area contributed by atoms with Crippen LogP contribution in [0, 0.1) is 0 Å². The first-order chi connectivity index (χ1) is 7.81.